The van der Waals surface area contributed by atoms with Gasteiger partial charge < -0.3 is 4.74 Å². The van der Waals surface area contributed by atoms with Crippen LogP contribution >= 0.6 is 15.9 Å². The molecule has 4 nitrogen and oxygen atoms in total. The zero-order chi connectivity index (χ0) is 13.7. The van der Waals surface area contributed by atoms with Crippen LogP contribution in [0.5, 0.6) is 0 Å². The molecule has 0 saturated carbocycles. The van der Waals surface area contributed by atoms with E-state index in [0.717, 1.165) is 30.2 Å². The van der Waals surface area contributed by atoms with E-state index in [4.69, 9.17) is 4.74 Å². The Labute approximate surface area is 121 Å². The Morgan fingerprint density at radius 1 is 1.21 bits per heavy atom. The Morgan fingerprint density at radius 3 is 2.53 bits per heavy atom. The van der Waals surface area contributed by atoms with Gasteiger partial charge in [-0.25, -0.2) is 0 Å². The molecule has 5 heteroatoms. The van der Waals surface area contributed by atoms with E-state index in [1.807, 2.05) is 18.2 Å². The lowest BCUT2D eigenvalue weighted by molar-refractivity contribution is 0.110. The highest BCUT2D eigenvalue weighted by Crippen LogP contribution is 2.16. The molecule has 0 saturated heterocycles. The molecular weight excluding hydrogens is 306 g/mol. The Kier molecular flexibility index (Phi) is 5.10. The molecule has 0 aliphatic heterocycles. The van der Waals surface area contributed by atoms with Gasteiger partial charge in [-0.1, -0.05) is 34.1 Å². The maximum Gasteiger partial charge on any atom is 0.148 e. The van der Waals surface area contributed by atoms with Crippen LogP contribution in [-0.2, 0) is 16.5 Å². The molecule has 0 radical (unpaired) electrons. The lowest BCUT2D eigenvalue weighted by Gasteiger charge is -2.11. The first kappa shape index (κ1) is 14.2. The van der Waals surface area contributed by atoms with Gasteiger partial charge in [-0.3, -0.25) is 4.57 Å². The van der Waals surface area contributed by atoms with Gasteiger partial charge in [0, 0.05) is 19.2 Å². The molecule has 1 atom stereocenters. The normalized spacial score (nSPS) is 12.6. The molecule has 0 amide bonds. The largest absolute Gasteiger partial charge is 0.382 e. The molecule has 1 aromatic heterocycles. The lowest BCUT2D eigenvalue weighted by atomic mass is 10.2. The first-order valence-corrected chi connectivity index (χ1v) is 7.45. The van der Waals surface area contributed by atoms with E-state index in [1.165, 1.54) is 0 Å². The van der Waals surface area contributed by atoms with E-state index in [9.17, 15) is 0 Å². The summed E-state index contributed by atoms with van der Waals surface area (Å²) in [6.07, 6.45) is 2.02. The van der Waals surface area contributed by atoms with Crippen LogP contribution in [0.15, 0.2) is 30.3 Å². The first-order valence-electron chi connectivity index (χ1n) is 6.33. The molecule has 0 N–H and O–H groups in total. The summed E-state index contributed by atoms with van der Waals surface area (Å²) < 4.78 is 7.39. The number of aryl methyl sites for hydroxylation is 1. The predicted molar refractivity (Wildman–Crippen MR) is 78.8 cm³/mol. The molecule has 2 rings (SSSR count). The van der Waals surface area contributed by atoms with E-state index < -0.39 is 0 Å². The molecule has 102 valence electrons. The number of ether oxygens (including phenoxy) is 1. The average Bonchev–Trinajstić information content (AvgIpc) is 2.88. The predicted octanol–water partition coefficient (Wildman–Crippen LogP) is 3.13. The molecule has 2 aromatic rings. The average molecular weight is 324 g/mol. The van der Waals surface area contributed by atoms with Crippen molar-refractivity contribution in [3.63, 3.8) is 0 Å². The highest BCUT2D eigenvalue weighted by molar-refractivity contribution is 9.08. The van der Waals surface area contributed by atoms with E-state index in [-0.39, 0.29) is 6.10 Å². The number of aromatic nitrogens is 3. The van der Waals surface area contributed by atoms with Crippen molar-refractivity contribution in [3.8, 4) is 5.69 Å². The van der Waals surface area contributed by atoms with Crippen molar-refractivity contribution in [1.82, 2.24) is 14.8 Å². The number of hydrogen-bond acceptors (Lipinski definition) is 3. The van der Waals surface area contributed by atoms with Crippen LogP contribution in [-0.4, -0.2) is 28.0 Å². The van der Waals surface area contributed by atoms with Crippen LogP contribution in [0.3, 0.4) is 0 Å². The highest BCUT2D eigenvalue weighted by Gasteiger charge is 2.13. The number of hydrogen-bond donors (Lipinski definition) is 0. The summed E-state index contributed by atoms with van der Waals surface area (Å²) in [4.78, 5) is 0. The van der Waals surface area contributed by atoms with Crippen molar-refractivity contribution in [1.29, 1.82) is 0 Å². The molecule has 0 bridgehead atoms. The summed E-state index contributed by atoms with van der Waals surface area (Å²) in [5.74, 6) is 1.90. The molecule has 0 aliphatic carbocycles. The Morgan fingerprint density at radius 2 is 1.89 bits per heavy atom. The summed E-state index contributed by atoms with van der Waals surface area (Å²) >= 11 is 3.46. The fourth-order valence-electron chi connectivity index (χ4n) is 1.93. The minimum atomic E-state index is 0.230. The van der Waals surface area contributed by atoms with Crippen molar-refractivity contribution in [2.75, 3.05) is 7.11 Å². The topological polar surface area (TPSA) is 39.9 Å². The minimum absolute atomic E-state index is 0.230. The monoisotopic (exact) mass is 323 g/mol. The van der Waals surface area contributed by atoms with Gasteiger partial charge in [-0.2, -0.15) is 0 Å². The second-order valence-corrected chi connectivity index (χ2v) is 4.98. The molecular formula is C14H18BrN3O. The summed E-state index contributed by atoms with van der Waals surface area (Å²) in [7, 11) is 1.73. The van der Waals surface area contributed by atoms with Crippen LogP contribution < -0.4 is 0 Å². The van der Waals surface area contributed by atoms with Crippen molar-refractivity contribution in [2.24, 2.45) is 0 Å². The van der Waals surface area contributed by atoms with Crippen LogP contribution in [0.1, 0.15) is 25.0 Å². The third-order valence-electron chi connectivity index (χ3n) is 3.11. The van der Waals surface area contributed by atoms with Gasteiger partial charge in [0.25, 0.3) is 0 Å². The Balaban J connectivity index is 2.27. The van der Waals surface area contributed by atoms with Crippen LogP contribution in [0.4, 0.5) is 0 Å². The summed E-state index contributed by atoms with van der Waals surface area (Å²) in [6.45, 7) is 2.06. The lowest BCUT2D eigenvalue weighted by Crippen LogP contribution is -2.10. The standard InChI is InChI=1S/C14H18BrN3O/c1-11(19-2)8-9-13-16-17-14(10-15)18(13)12-6-4-3-5-7-12/h3-7,11H,8-10H2,1-2H3. The smallest absolute Gasteiger partial charge is 0.148 e. The zero-order valence-electron chi connectivity index (χ0n) is 11.2. The zero-order valence-corrected chi connectivity index (χ0v) is 12.8. The minimum Gasteiger partial charge on any atom is -0.382 e. The maximum atomic E-state index is 5.28. The van der Waals surface area contributed by atoms with E-state index >= 15 is 0 Å². The molecule has 0 spiro atoms. The molecule has 1 aromatic carbocycles. The van der Waals surface area contributed by atoms with Gasteiger partial charge in [0.2, 0.25) is 0 Å². The fourth-order valence-corrected chi connectivity index (χ4v) is 2.29. The maximum absolute atomic E-state index is 5.28. The molecule has 0 fully saturated rings. The number of para-hydroxylation sites is 1. The molecule has 0 aliphatic rings. The number of nitrogens with zero attached hydrogens (tertiary/aromatic N) is 3. The second kappa shape index (κ2) is 6.82. The molecule has 19 heavy (non-hydrogen) atoms. The number of benzene rings is 1. The van der Waals surface area contributed by atoms with E-state index in [0.29, 0.717) is 5.33 Å². The van der Waals surface area contributed by atoms with Crippen molar-refractivity contribution < 1.29 is 4.74 Å². The molecule has 1 unspecified atom stereocenters. The van der Waals surface area contributed by atoms with Crippen molar-refractivity contribution in [2.45, 2.75) is 31.2 Å². The Hall–Kier alpha value is -1.20. The van der Waals surface area contributed by atoms with Crippen molar-refractivity contribution in [3.05, 3.63) is 42.0 Å². The number of methoxy groups -OCH3 is 1. The quantitative estimate of drug-likeness (QED) is 0.767. The Bertz CT molecular complexity index is 513. The third-order valence-corrected chi connectivity index (χ3v) is 3.61. The first-order chi connectivity index (χ1) is 9.26. The van der Waals surface area contributed by atoms with Crippen LogP contribution in [0.2, 0.25) is 0 Å². The second-order valence-electron chi connectivity index (χ2n) is 4.42. The highest BCUT2D eigenvalue weighted by atomic mass is 79.9. The van der Waals surface area contributed by atoms with Crippen LogP contribution in [0.25, 0.3) is 5.69 Å². The van der Waals surface area contributed by atoms with Gasteiger partial charge in [-0.15, -0.1) is 10.2 Å². The van der Waals surface area contributed by atoms with Gasteiger partial charge >= 0.3 is 0 Å². The van der Waals surface area contributed by atoms with Gasteiger partial charge in [0.15, 0.2) is 0 Å². The summed E-state index contributed by atoms with van der Waals surface area (Å²) in [5.41, 5.74) is 1.10. The molecule has 1 heterocycles. The number of halogens is 1. The van der Waals surface area contributed by atoms with E-state index in [2.05, 4.69) is 49.8 Å². The van der Waals surface area contributed by atoms with E-state index in [1.54, 1.807) is 7.11 Å². The van der Waals surface area contributed by atoms with Crippen molar-refractivity contribution >= 4 is 15.9 Å². The number of rotatable bonds is 6. The number of alkyl halides is 1. The summed E-state index contributed by atoms with van der Waals surface area (Å²) in [5, 5.41) is 9.23. The van der Waals surface area contributed by atoms with Gasteiger partial charge in [0.05, 0.1) is 11.4 Å². The SMILES string of the molecule is COC(C)CCc1nnc(CBr)n1-c1ccccc1. The fraction of sp³-hybridized carbons (Fsp3) is 0.429. The third kappa shape index (κ3) is 3.42. The summed E-state index contributed by atoms with van der Waals surface area (Å²) in [6, 6.07) is 10.2. The van der Waals surface area contributed by atoms with Gasteiger partial charge in [-0.05, 0) is 25.5 Å². The van der Waals surface area contributed by atoms with Crippen LogP contribution in [0, 0.1) is 0 Å². The van der Waals surface area contributed by atoms with Gasteiger partial charge in [0.1, 0.15) is 11.6 Å².